The molecule has 8 heteroatoms. The molecule has 0 bridgehead atoms. The van der Waals surface area contributed by atoms with Gasteiger partial charge >= 0.3 is 0 Å². The van der Waals surface area contributed by atoms with E-state index in [0.29, 0.717) is 11.4 Å². The van der Waals surface area contributed by atoms with Gasteiger partial charge in [-0.1, -0.05) is 18.2 Å². The van der Waals surface area contributed by atoms with Gasteiger partial charge in [0.2, 0.25) is 5.78 Å². The van der Waals surface area contributed by atoms with Crippen LogP contribution in [-0.4, -0.2) is 31.8 Å². The Morgan fingerprint density at radius 1 is 1.00 bits per heavy atom. The molecule has 0 spiro atoms. The van der Waals surface area contributed by atoms with Crippen molar-refractivity contribution in [3.8, 4) is 5.75 Å². The van der Waals surface area contributed by atoms with Crippen molar-refractivity contribution >= 4 is 29.4 Å². The quantitative estimate of drug-likeness (QED) is 0.457. The number of amides is 2. The standard InChI is InChI=1S/C26H20F2N2O4/c1-30-23-10-6-17(25(32)29-14-15-3-7-18(34-2)8-4-15)13-19(23)24(31)20(26(30)33)11-16-5-9-21(27)22(28)12-16/h3-13H,14H2,1-2H3,(H,29,32)/b20-11-. The summed E-state index contributed by atoms with van der Waals surface area (Å²) in [4.78, 5) is 39.9. The van der Waals surface area contributed by atoms with E-state index < -0.39 is 29.2 Å². The Bertz CT molecular complexity index is 1330. The molecule has 2 amide bonds. The van der Waals surface area contributed by atoms with Crippen molar-refractivity contribution in [3.63, 3.8) is 0 Å². The minimum absolute atomic E-state index is 0.160. The van der Waals surface area contributed by atoms with E-state index in [9.17, 15) is 23.2 Å². The maximum atomic E-state index is 13.6. The van der Waals surface area contributed by atoms with Crippen LogP contribution in [0.3, 0.4) is 0 Å². The summed E-state index contributed by atoms with van der Waals surface area (Å²) in [5.41, 5.74) is 1.58. The third-order valence-electron chi connectivity index (χ3n) is 5.51. The van der Waals surface area contributed by atoms with E-state index in [1.807, 2.05) is 12.1 Å². The van der Waals surface area contributed by atoms with E-state index in [4.69, 9.17) is 4.74 Å². The molecule has 0 radical (unpaired) electrons. The number of ether oxygens (including phenoxy) is 1. The Kier molecular flexibility index (Phi) is 6.23. The number of halogens is 2. The SMILES string of the molecule is COc1ccc(CNC(=O)c2ccc3c(c2)C(=O)/C(=C/c2ccc(F)c(F)c2)C(=O)N3C)cc1. The molecular formula is C26H20F2N2O4. The number of anilines is 1. The first kappa shape index (κ1) is 22.8. The van der Waals surface area contributed by atoms with Gasteiger partial charge in [-0.05, 0) is 59.7 Å². The second-order valence-corrected chi connectivity index (χ2v) is 7.69. The molecule has 0 aliphatic carbocycles. The fourth-order valence-electron chi connectivity index (χ4n) is 3.61. The maximum absolute atomic E-state index is 13.6. The molecule has 3 aromatic rings. The van der Waals surface area contributed by atoms with Crippen molar-refractivity contribution in [2.45, 2.75) is 6.54 Å². The third-order valence-corrected chi connectivity index (χ3v) is 5.51. The van der Waals surface area contributed by atoms with Gasteiger partial charge in [-0.2, -0.15) is 0 Å². The highest BCUT2D eigenvalue weighted by molar-refractivity contribution is 6.36. The Hall–Kier alpha value is -4.33. The summed E-state index contributed by atoms with van der Waals surface area (Å²) in [6.45, 7) is 0.271. The van der Waals surface area contributed by atoms with Crippen molar-refractivity contribution in [3.05, 3.63) is 100 Å². The molecule has 0 saturated heterocycles. The van der Waals surface area contributed by atoms with Crippen LogP contribution in [0.15, 0.2) is 66.2 Å². The predicted octanol–water partition coefficient (Wildman–Crippen LogP) is 4.15. The molecule has 0 fully saturated rings. The second kappa shape index (κ2) is 9.27. The summed E-state index contributed by atoms with van der Waals surface area (Å²) in [5, 5.41) is 2.79. The smallest absolute Gasteiger partial charge is 0.262 e. The zero-order valence-corrected chi connectivity index (χ0v) is 18.4. The molecule has 1 aliphatic rings. The van der Waals surface area contributed by atoms with Crippen molar-refractivity contribution in [2.75, 3.05) is 19.1 Å². The molecular weight excluding hydrogens is 442 g/mol. The zero-order valence-electron chi connectivity index (χ0n) is 18.4. The van der Waals surface area contributed by atoms with Gasteiger partial charge in [-0.3, -0.25) is 14.4 Å². The molecule has 0 unspecified atom stereocenters. The van der Waals surface area contributed by atoms with Crippen molar-refractivity contribution < 1.29 is 27.9 Å². The lowest BCUT2D eigenvalue weighted by atomic mass is 9.92. The Morgan fingerprint density at radius 2 is 1.74 bits per heavy atom. The number of nitrogens with zero attached hydrogens (tertiary/aromatic N) is 1. The lowest BCUT2D eigenvalue weighted by Crippen LogP contribution is -2.37. The number of likely N-dealkylation sites (N-methyl/N-ethyl adjacent to an activating group) is 1. The van der Waals surface area contributed by atoms with Gasteiger partial charge < -0.3 is 15.0 Å². The molecule has 0 atom stereocenters. The summed E-state index contributed by atoms with van der Waals surface area (Å²) in [5.74, 6) is -3.00. The summed E-state index contributed by atoms with van der Waals surface area (Å²) in [7, 11) is 3.06. The summed E-state index contributed by atoms with van der Waals surface area (Å²) >= 11 is 0. The first-order chi connectivity index (χ1) is 16.3. The fourth-order valence-corrected chi connectivity index (χ4v) is 3.61. The largest absolute Gasteiger partial charge is 0.497 e. The van der Waals surface area contributed by atoms with Crippen LogP contribution < -0.4 is 15.0 Å². The highest BCUT2D eigenvalue weighted by atomic mass is 19.2. The summed E-state index contributed by atoms with van der Waals surface area (Å²) in [6.07, 6.45) is 1.21. The van der Waals surface area contributed by atoms with E-state index in [2.05, 4.69) is 5.32 Å². The maximum Gasteiger partial charge on any atom is 0.262 e. The van der Waals surface area contributed by atoms with Crippen LogP contribution in [0.1, 0.15) is 31.8 Å². The molecule has 1 aliphatic heterocycles. The molecule has 4 rings (SSSR count). The number of methoxy groups -OCH3 is 1. The van der Waals surface area contributed by atoms with Crippen LogP contribution >= 0.6 is 0 Å². The number of carbonyl (C=O) groups excluding carboxylic acids is 3. The molecule has 1 heterocycles. The van der Waals surface area contributed by atoms with Gasteiger partial charge in [-0.15, -0.1) is 0 Å². The first-order valence-electron chi connectivity index (χ1n) is 10.3. The summed E-state index contributed by atoms with van der Waals surface area (Å²) in [6, 6.07) is 14.8. The number of Topliss-reactive ketones (excluding diaryl/α,β-unsaturated/α-hetero) is 1. The van der Waals surface area contributed by atoms with Gasteiger partial charge in [0.25, 0.3) is 11.8 Å². The number of ketones is 1. The third kappa shape index (κ3) is 4.43. The second-order valence-electron chi connectivity index (χ2n) is 7.69. The Morgan fingerprint density at radius 3 is 2.41 bits per heavy atom. The van der Waals surface area contributed by atoms with E-state index >= 15 is 0 Å². The van der Waals surface area contributed by atoms with Crippen molar-refractivity contribution in [2.24, 2.45) is 0 Å². The highest BCUT2D eigenvalue weighted by Crippen LogP contribution is 2.31. The van der Waals surface area contributed by atoms with Crippen molar-refractivity contribution in [1.29, 1.82) is 0 Å². The van der Waals surface area contributed by atoms with Crippen molar-refractivity contribution in [1.82, 2.24) is 5.32 Å². The average molecular weight is 462 g/mol. The molecule has 34 heavy (non-hydrogen) atoms. The minimum atomic E-state index is -1.09. The van der Waals surface area contributed by atoms with E-state index in [-0.39, 0.29) is 28.8 Å². The number of nitrogens with one attached hydrogen (secondary N) is 1. The molecule has 0 aromatic heterocycles. The Labute approximate surface area is 194 Å². The molecule has 3 aromatic carbocycles. The van der Waals surface area contributed by atoms with Crippen LogP contribution in [-0.2, 0) is 11.3 Å². The number of fused-ring (bicyclic) bond motifs is 1. The van der Waals surface area contributed by atoms with Crippen LogP contribution in [0.25, 0.3) is 6.08 Å². The van der Waals surface area contributed by atoms with E-state index in [1.165, 1.54) is 42.3 Å². The van der Waals surface area contributed by atoms with Crippen LogP contribution in [0.4, 0.5) is 14.5 Å². The first-order valence-corrected chi connectivity index (χ1v) is 10.3. The zero-order chi connectivity index (χ0) is 24.4. The van der Waals surface area contributed by atoms with Crippen LogP contribution in [0.2, 0.25) is 0 Å². The molecule has 0 saturated carbocycles. The summed E-state index contributed by atoms with van der Waals surface area (Å²) < 4.78 is 31.9. The van der Waals surface area contributed by atoms with Gasteiger partial charge in [0, 0.05) is 24.7 Å². The number of benzene rings is 3. The lowest BCUT2D eigenvalue weighted by Gasteiger charge is -2.27. The molecule has 6 nitrogen and oxygen atoms in total. The van der Waals surface area contributed by atoms with Gasteiger partial charge in [-0.25, -0.2) is 8.78 Å². The topological polar surface area (TPSA) is 75.7 Å². The lowest BCUT2D eigenvalue weighted by molar-refractivity contribution is -0.114. The average Bonchev–Trinajstić information content (AvgIpc) is 2.85. The van der Waals surface area contributed by atoms with E-state index in [0.717, 1.165) is 17.7 Å². The van der Waals surface area contributed by atoms with E-state index in [1.54, 1.807) is 19.2 Å². The Balaban J connectivity index is 1.59. The van der Waals surface area contributed by atoms with Gasteiger partial charge in [0.15, 0.2) is 11.6 Å². The number of carbonyl (C=O) groups is 3. The van der Waals surface area contributed by atoms with Gasteiger partial charge in [0.1, 0.15) is 5.75 Å². The van der Waals surface area contributed by atoms with Gasteiger partial charge in [0.05, 0.1) is 18.4 Å². The number of hydrogen-bond donors (Lipinski definition) is 1. The van der Waals surface area contributed by atoms with Crippen LogP contribution in [0.5, 0.6) is 5.75 Å². The highest BCUT2D eigenvalue weighted by Gasteiger charge is 2.33. The van der Waals surface area contributed by atoms with Crippen LogP contribution in [0, 0.1) is 11.6 Å². The fraction of sp³-hybridized carbons (Fsp3) is 0.115. The minimum Gasteiger partial charge on any atom is -0.497 e. The molecule has 1 N–H and O–H groups in total. The normalized spacial score (nSPS) is 14.2. The monoisotopic (exact) mass is 462 g/mol. The number of hydrogen-bond acceptors (Lipinski definition) is 4. The number of rotatable bonds is 5. The predicted molar refractivity (Wildman–Crippen MR) is 123 cm³/mol. The molecule has 172 valence electrons.